The molecule has 1 fully saturated rings. The number of nitrogens with one attached hydrogen (secondary N) is 1. The molecule has 7 nitrogen and oxygen atoms in total. The Bertz CT molecular complexity index is 468. The Hall–Kier alpha value is -1.34. The molecule has 0 aromatic carbocycles. The van der Waals surface area contributed by atoms with Crippen molar-refractivity contribution in [2.24, 2.45) is 0 Å². The van der Waals surface area contributed by atoms with E-state index in [1.54, 1.807) is 34.6 Å². The number of carboxylic acids is 1. The minimum absolute atomic E-state index is 0.133. The molecule has 0 unspecified atom stereocenters. The van der Waals surface area contributed by atoms with Crippen LogP contribution in [0.15, 0.2) is 0 Å². The smallest absolute Gasteiger partial charge is 0.410 e. The number of aliphatic carboxylic acids is 1. The van der Waals surface area contributed by atoms with E-state index in [9.17, 15) is 19.8 Å². The lowest BCUT2D eigenvalue weighted by Crippen LogP contribution is -2.76. The first-order valence-corrected chi connectivity index (χ1v) is 7.78. The molecule has 23 heavy (non-hydrogen) atoms. The molecule has 0 saturated carbocycles. The van der Waals surface area contributed by atoms with E-state index in [2.05, 4.69) is 5.32 Å². The monoisotopic (exact) mass is 330 g/mol. The van der Waals surface area contributed by atoms with E-state index >= 15 is 0 Å². The van der Waals surface area contributed by atoms with Gasteiger partial charge < -0.3 is 19.8 Å². The number of hydrogen-bond donors (Lipinski definition) is 3. The standard InChI is InChI=1S/C16H30N2O5/c1-13(2,3)23-12(21)18-9-16(10-18,8-11(19)20)17-14(4,5)15(6,7)22/h17,22H,8-10H2,1-7H3,(H,19,20). The van der Waals surface area contributed by atoms with Crippen LogP contribution >= 0.6 is 0 Å². The van der Waals surface area contributed by atoms with Gasteiger partial charge in [-0.2, -0.15) is 0 Å². The van der Waals surface area contributed by atoms with Gasteiger partial charge in [0.25, 0.3) is 0 Å². The van der Waals surface area contributed by atoms with Crippen LogP contribution in [0.25, 0.3) is 0 Å². The number of aliphatic hydroxyl groups is 1. The second kappa shape index (κ2) is 5.94. The number of hydrogen-bond acceptors (Lipinski definition) is 5. The zero-order valence-electron chi connectivity index (χ0n) is 15.2. The molecule has 0 aliphatic carbocycles. The van der Waals surface area contributed by atoms with Crippen molar-refractivity contribution in [3.63, 3.8) is 0 Å². The molecule has 3 N–H and O–H groups in total. The summed E-state index contributed by atoms with van der Waals surface area (Å²) in [4.78, 5) is 24.7. The SMILES string of the molecule is CC(C)(C)OC(=O)N1CC(CC(=O)O)(NC(C)(C)C(C)(C)O)C1. The molecule has 1 rings (SSSR count). The van der Waals surface area contributed by atoms with E-state index in [0.717, 1.165) is 0 Å². The van der Waals surface area contributed by atoms with E-state index in [0.29, 0.717) is 0 Å². The van der Waals surface area contributed by atoms with Gasteiger partial charge in [0.15, 0.2) is 0 Å². The van der Waals surface area contributed by atoms with Gasteiger partial charge in [-0.05, 0) is 48.5 Å². The lowest BCUT2D eigenvalue weighted by atomic mass is 9.78. The maximum atomic E-state index is 12.1. The molecule has 0 radical (unpaired) electrons. The van der Waals surface area contributed by atoms with Crippen LogP contribution in [0.2, 0.25) is 0 Å². The molecule has 1 aliphatic heterocycles. The van der Waals surface area contributed by atoms with Crippen LogP contribution in [0, 0.1) is 0 Å². The van der Waals surface area contributed by atoms with Gasteiger partial charge in [-0.25, -0.2) is 4.79 Å². The van der Waals surface area contributed by atoms with E-state index in [1.165, 1.54) is 4.90 Å². The van der Waals surface area contributed by atoms with Gasteiger partial charge in [0, 0.05) is 18.6 Å². The Labute approximate surface area is 138 Å². The van der Waals surface area contributed by atoms with Gasteiger partial charge in [0.2, 0.25) is 0 Å². The Morgan fingerprint density at radius 2 is 1.61 bits per heavy atom. The maximum Gasteiger partial charge on any atom is 0.410 e. The molecule has 1 saturated heterocycles. The summed E-state index contributed by atoms with van der Waals surface area (Å²) in [7, 11) is 0. The predicted molar refractivity (Wildman–Crippen MR) is 86.3 cm³/mol. The highest BCUT2D eigenvalue weighted by Gasteiger charge is 2.52. The van der Waals surface area contributed by atoms with E-state index in [1.807, 2.05) is 13.8 Å². The van der Waals surface area contributed by atoms with Crippen molar-refractivity contribution in [1.82, 2.24) is 10.2 Å². The first-order valence-electron chi connectivity index (χ1n) is 7.78. The number of carboxylic acid groups (broad SMARTS) is 1. The third-order valence-corrected chi connectivity index (χ3v) is 4.24. The van der Waals surface area contributed by atoms with Gasteiger partial charge >= 0.3 is 12.1 Å². The number of carbonyl (C=O) groups is 2. The number of amides is 1. The molecular formula is C16H30N2O5. The predicted octanol–water partition coefficient (Wildman–Crippen LogP) is 1.59. The summed E-state index contributed by atoms with van der Waals surface area (Å²) in [6, 6.07) is 0. The van der Waals surface area contributed by atoms with Gasteiger partial charge in [0.05, 0.1) is 17.6 Å². The van der Waals surface area contributed by atoms with Crippen LogP contribution < -0.4 is 5.32 Å². The fraction of sp³-hybridized carbons (Fsp3) is 0.875. The topological polar surface area (TPSA) is 99.1 Å². The molecule has 0 spiro atoms. The Kier molecular flexibility index (Phi) is 5.09. The molecule has 1 heterocycles. The van der Waals surface area contributed by atoms with Gasteiger partial charge in [0.1, 0.15) is 5.60 Å². The van der Waals surface area contributed by atoms with Crippen molar-refractivity contribution in [3.05, 3.63) is 0 Å². The third-order valence-electron chi connectivity index (χ3n) is 4.24. The van der Waals surface area contributed by atoms with E-state index in [4.69, 9.17) is 4.74 Å². The molecule has 0 atom stereocenters. The van der Waals surface area contributed by atoms with Crippen LogP contribution in [-0.4, -0.2) is 62.5 Å². The van der Waals surface area contributed by atoms with Gasteiger partial charge in [-0.1, -0.05) is 0 Å². The molecule has 1 aliphatic rings. The van der Waals surface area contributed by atoms with Crippen molar-refractivity contribution in [3.8, 4) is 0 Å². The number of likely N-dealkylation sites (tertiary alicyclic amines) is 1. The largest absolute Gasteiger partial charge is 0.481 e. The van der Waals surface area contributed by atoms with Crippen LogP contribution in [-0.2, 0) is 9.53 Å². The Balaban J connectivity index is 2.82. The summed E-state index contributed by atoms with van der Waals surface area (Å²) >= 11 is 0. The van der Waals surface area contributed by atoms with Crippen molar-refractivity contribution in [1.29, 1.82) is 0 Å². The third kappa shape index (κ3) is 5.07. The molecule has 0 aromatic heterocycles. The normalized spacial score (nSPS) is 18.3. The average molecular weight is 330 g/mol. The lowest BCUT2D eigenvalue weighted by Gasteiger charge is -2.55. The number of rotatable bonds is 5. The number of carbonyl (C=O) groups excluding carboxylic acids is 1. The zero-order valence-corrected chi connectivity index (χ0v) is 15.2. The molecule has 134 valence electrons. The fourth-order valence-corrected chi connectivity index (χ4v) is 2.48. The summed E-state index contributed by atoms with van der Waals surface area (Å²) in [6.07, 6.45) is -0.590. The van der Waals surface area contributed by atoms with Crippen molar-refractivity contribution in [2.75, 3.05) is 13.1 Å². The highest BCUT2D eigenvalue weighted by molar-refractivity contribution is 5.73. The minimum Gasteiger partial charge on any atom is -0.481 e. The quantitative estimate of drug-likeness (QED) is 0.708. The summed E-state index contributed by atoms with van der Waals surface area (Å²) < 4.78 is 5.30. The first-order chi connectivity index (χ1) is 10.1. The second-order valence-corrected chi connectivity index (χ2v) is 8.50. The van der Waals surface area contributed by atoms with Crippen molar-refractivity contribution in [2.45, 2.75) is 77.2 Å². The second-order valence-electron chi connectivity index (χ2n) is 8.50. The van der Waals surface area contributed by atoms with Gasteiger partial charge in [-0.3, -0.25) is 10.1 Å². The van der Waals surface area contributed by atoms with Crippen LogP contribution in [0.4, 0.5) is 4.79 Å². The van der Waals surface area contributed by atoms with Crippen LogP contribution in [0.3, 0.4) is 0 Å². The number of nitrogens with zero attached hydrogens (tertiary/aromatic N) is 1. The molecular weight excluding hydrogens is 300 g/mol. The zero-order chi connectivity index (χ0) is 18.3. The van der Waals surface area contributed by atoms with Crippen molar-refractivity contribution < 1.29 is 24.5 Å². The molecule has 0 bridgehead atoms. The summed E-state index contributed by atoms with van der Waals surface area (Å²) in [6.45, 7) is 12.8. The summed E-state index contributed by atoms with van der Waals surface area (Å²) in [5.41, 5.74) is -3.14. The summed E-state index contributed by atoms with van der Waals surface area (Å²) in [5.74, 6) is -0.951. The lowest BCUT2D eigenvalue weighted by molar-refractivity contribution is -0.142. The van der Waals surface area contributed by atoms with Gasteiger partial charge in [-0.15, -0.1) is 0 Å². The Morgan fingerprint density at radius 3 is 1.96 bits per heavy atom. The molecule has 0 aromatic rings. The van der Waals surface area contributed by atoms with Crippen LogP contribution in [0.5, 0.6) is 0 Å². The first kappa shape index (κ1) is 19.7. The Morgan fingerprint density at radius 1 is 1.13 bits per heavy atom. The van der Waals surface area contributed by atoms with Crippen LogP contribution in [0.1, 0.15) is 54.9 Å². The number of ether oxygens (including phenoxy) is 1. The highest BCUT2D eigenvalue weighted by atomic mass is 16.6. The molecule has 7 heteroatoms. The van der Waals surface area contributed by atoms with Crippen molar-refractivity contribution >= 4 is 12.1 Å². The average Bonchev–Trinajstić information content (AvgIpc) is 2.19. The fourth-order valence-electron chi connectivity index (χ4n) is 2.48. The molecule has 1 amide bonds. The van der Waals surface area contributed by atoms with E-state index in [-0.39, 0.29) is 19.5 Å². The van der Waals surface area contributed by atoms with E-state index < -0.39 is 34.3 Å². The summed E-state index contributed by atoms with van der Waals surface area (Å²) in [5, 5.41) is 22.7. The maximum absolute atomic E-state index is 12.1. The minimum atomic E-state index is -1.05. The highest BCUT2D eigenvalue weighted by Crippen LogP contribution is 2.32.